The van der Waals surface area contributed by atoms with Crippen LogP contribution in [-0.2, 0) is 0 Å². The normalized spacial score (nSPS) is 10.4. The van der Waals surface area contributed by atoms with Gasteiger partial charge in [0.05, 0.1) is 5.69 Å². The first kappa shape index (κ1) is 12.8. The van der Waals surface area contributed by atoms with Crippen molar-refractivity contribution in [2.45, 2.75) is 0 Å². The van der Waals surface area contributed by atoms with Crippen LogP contribution in [0, 0.1) is 11.3 Å². The van der Waals surface area contributed by atoms with Crippen LogP contribution in [0.4, 0.5) is 11.5 Å². The number of hydrogen-bond acceptors (Lipinski definition) is 2. The van der Waals surface area contributed by atoms with Gasteiger partial charge in [-0.05, 0) is 34.1 Å². The minimum atomic E-state index is 0.666. The first-order chi connectivity index (χ1) is 9.72. The molecule has 3 nitrogen and oxygen atoms in total. The van der Waals surface area contributed by atoms with E-state index in [-0.39, 0.29) is 0 Å². The maximum absolute atomic E-state index is 9.46. The molecule has 0 bridgehead atoms. The highest BCUT2D eigenvalue weighted by Crippen LogP contribution is 2.34. The number of fused-ring (bicyclic) bond motifs is 1. The molecule has 0 amide bonds. The summed E-state index contributed by atoms with van der Waals surface area (Å²) in [6, 6.07) is 18.1. The second kappa shape index (κ2) is 5.03. The lowest BCUT2D eigenvalue weighted by atomic mass is 10.2. The zero-order valence-electron chi connectivity index (χ0n) is 10.9. The molecule has 3 rings (SSSR count). The Bertz CT molecular complexity index is 814. The molecule has 20 heavy (non-hydrogen) atoms. The third kappa shape index (κ3) is 1.97. The van der Waals surface area contributed by atoms with E-state index in [0.717, 1.165) is 26.9 Å². The summed E-state index contributed by atoms with van der Waals surface area (Å²) in [7, 11) is 1.95. The van der Waals surface area contributed by atoms with Crippen molar-refractivity contribution in [3.05, 3.63) is 58.6 Å². The van der Waals surface area contributed by atoms with Crippen molar-refractivity contribution in [3.63, 3.8) is 0 Å². The van der Waals surface area contributed by atoms with Gasteiger partial charge in [0.25, 0.3) is 0 Å². The first-order valence-electron chi connectivity index (χ1n) is 6.21. The lowest BCUT2D eigenvalue weighted by molar-refractivity contribution is 1.15. The molecule has 3 aromatic rings. The molecule has 0 fully saturated rings. The number of para-hydroxylation sites is 2. The highest BCUT2D eigenvalue weighted by molar-refractivity contribution is 9.10. The Balaban J connectivity index is 2.20. The highest BCUT2D eigenvalue weighted by Gasteiger charge is 2.16. The van der Waals surface area contributed by atoms with Gasteiger partial charge in [0.2, 0.25) is 0 Å². The van der Waals surface area contributed by atoms with Crippen molar-refractivity contribution in [2.75, 3.05) is 11.9 Å². The number of rotatable bonds is 2. The molecule has 0 spiro atoms. The summed E-state index contributed by atoms with van der Waals surface area (Å²) in [6.45, 7) is 0. The zero-order valence-corrected chi connectivity index (χ0v) is 12.5. The monoisotopic (exact) mass is 325 g/mol. The molecule has 0 aliphatic heterocycles. The Kier molecular flexibility index (Phi) is 3.21. The molecule has 0 saturated heterocycles. The Labute approximate surface area is 125 Å². The van der Waals surface area contributed by atoms with Crippen LogP contribution in [-0.4, -0.2) is 12.0 Å². The highest BCUT2D eigenvalue weighted by atomic mass is 79.9. The summed E-state index contributed by atoms with van der Waals surface area (Å²) in [5, 5.41) is 10.4. The van der Waals surface area contributed by atoms with Gasteiger partial charge in [-0.3, -0.25) is 0 Å². The molecule has 0 atom stereocenters. The maximum atomic E-state index is 9.46. The van der Waals surface area contributed by atoms with Gasteiger partial charge in [-0.25, -0.2) is 0 Å². The van der Waals surface area contributed by atoms with E-state index in [4.69, 9.17) is 0 Å². The largest absolute Gasteiger partial charge is 0.340 e. The van der Waals surface area contributed by atoms with E-state index < -0.39 is 0 Å². The van der Waals surface area contributed by atoms with Gasteiger partial charge in [-0.15, -0.1) is 0 Å². The van der Waals surface area contributed by atoms with Crippen molar-refractivity contribution in [2.24, 2.45) is 0 Å². The van der Waals surface area contributed by atoms with Gasteiger partial charge in [0, 0.05) is 22.4 Å². The number of benzene rings is 2. The zero-order chi connectivity index (χ0) is 14.1. The minimum Gasteiger partial charge on any atom is -0.340 e. The van der Waals surface area contributed by atoms with E-state index >= 15 is 0 Å². The number of H-pyrrole nitrogens is 1. The van der Waals surface area contributed by atoms with Crippen LogP contribution in [0.3, 0.4) is 0 Å². The standard InChI is InChI=1S/C16H12BrN3/c1-20(15-9-5-3-7-13(15)17)16-12(10-18)11-6-2-4-8-14(11)19-16/h2-9,19H,1H3. The topological polar surface area (TPSA) is 42.8 Å². The summed E-state index contributed by atoms with van der Waals surface area (Å²) < 4.78 is 0.991. The van der Waals surface area contributed by atoms with Gasteiger partial charge in [0.15, 0.2) is 0 Å². The molecule has 0 unspecified atom stereocenters. The Morgan fingerprint density at radius 2 is 1.80 bits per heavy atom. The minimum absolute atomic E-state index is 0.666. The average Bonchev–Trinajstić information content (AvgIpc) is 2.85. The molecule has 1 aromatic heterocycles. The average molecular weight is 326 g/mol. The van der Waals surface area contributed by atoms with E-state index in [1.807, 2.05) is 60.5 Å². The molecule has 0 radical (unpaired) electrons. The SMILES string of the molecule is CN(c1ccccc1Br)c1[nH]c2ccccc2c1C#N. The third-order valence-electron chi connectivity index (χ3n) is 3.35. The summed E-state index contributed by atoms with van der Waals surface area (Å²) in [5.74, 6) is 0.806. The number of nitrogens with zero attached hydrogens (tertiary/aromatic N) is 2. The molecule has 0 aliphatic rings. The van der Waals surface area contributed by atoms with E-state index in [2.05, 4.69) is 27.0 Å². The molecule has 4 heteroatoms. The van der Waals surface area contributed by atoms with Crippen molar-refractivity contribution < 1.29 is 0 Å². The molecular formula is C16H12BrN3. The third-order valence-corrected chi connectivity index (χ3v) is 4.02. The predicted octanol–water partition coefficient (Wildman–Crippen LogP) is 4.57. The van der Waals surface area contributed by atoms with Gasteiger partial charge >= 0.3 is 0 Å². The first-order valence-corrected chi connectivity index (χ1v) is 7.00. The fraction of sp³-hybridized carbons (Fsp3) is 0.0625. The van der Waals surface area contributed by atoms with Crippen LogP contribution in [0.25, 0.3) is 10.9 Å². The van der Waals surface area contributed by atoms with Crippen LogP contribution in [0.1, 0.15) is 5.56 Å². The van der Waals surface area contributed by atoms with Crippen LogP contribution < -0.4 is 4.90 Å². The lowest BCUT2D eigenvalue weighted by Crippen LogP contribution is -2.11. The molecule has 1 N–H and O–H groups in total. The summed E-state index contributed by atoms with van der Waals surface area (Å²) in [6.07, 6.45) is 0. The van der Waals surface area contributed by atoms with Gasteiger partial charge in [-0.2, -0.15) is 5.26 Å². The van der Waals surface area contributed by atoms with E-state index in [1.165, 1.54) is 0 Å². The lowest BCUT2D eigenvalue weighted by Gasteiger charge is -2.19. The molecular weight excluding hydrogens is 314 g/mol. The summed E-state index contributed by atoms with van der Waals surface area (Å²) >= 11 is 3.55. The fourth-order valence-electron chi connectivity index (χ4n) is 2.34. The van der Waals surface area contributed by atoms with Gasteiger partial charge < -0.3 is 9.88 Å². The number of nitrogens with one attached hydrogen (secondary N) is 1. The van der Waals surface area contributed by atoms with E-state index in [0.29, 0.717) is 5.56 Å². The fourth-order valence-corrected chi connectivity index (χ4v) is 2.89. The van der Waals surface area contributed by atoms with Crippen molar-refractivity contribution in [1.82, 2.24) is 4.98 Å². The van der Waals surface area contributed by atoms with Crippen molar-refractivity contribution in [1.29, 1.82) is 5.26 Å². The van der Waals surface area contributed by atoms with Crippen molar-refractivity contribution in [3.8, 4) is 6.07 Å². The van der Waals surface area contributed by atoms with E-state index in [1.54, 1.807) is 0 Å². The van der Waals surface area contributed by atoms with Gasteiger partial charge in [-0.1, -0.05) is 30.3 Å². The molecule has 0 aliphatic carbocycles. The van der Waals surface area contributed by atoms with E-state index in [9.17, 15) is 5.26 Å². The maximum Gasteiger partial charge on any atom is 0.129 e. The number of aromatic amines is 1. The summed E-state index contributed by atoms with van der Waals surface area (Å²) in [4.78, 5) is 5.31. The Hall–Kier alpha value is -2.25. The number of aromatic nitrogens is 1. The number of hydrogen-bond donors (Lipinski definition) is 1. The predicted molar refractivity (Wildman–Crippen MR) is 85.2 cm³/mol. The smallest absolute Gasteiger partial charge is 0.129 e. The van der Waals surface area contributed by atoms with Crippen molar-refractivity contribution >= 4 is 38.3 Å². The Morgan fingerprint density at radius 1 is 1.10 bits per heavy atom. The molecule has 1 heterocycles. The number of anilines is 2. The number of nitriles is 1. The van der Waals surface area contributed by atoms with Crippen LogP contribution in [0.5, 0.6) is 0 Å². The quantitative estimate of drug-likeness (QED) is 0.749. The second-order valence-corrected chi connectivity index (χ2v) is 5.37. The molecule has 98 valence electrons. The molecule has 0 saturated carbocycles. The Morgan fingerprint density at radius 3 is 2.55 bits per heavy atom. The number of halogens is 1. The van der Waals surface area contributed by atoms with Gasteiger partial charge in [0.1, 0.15) is 17.5 Å². The summed E-state index contributed by atoms with van der Waals surface area (Å²) in [5.41, 5.74) is 2.65. The van der Waals surface area contributed by atoms with Crippen LogP contribution in [0.2, 0.25) is 0 Å². The van der Waals surface area contributed by atoms with Crippen LogP contribution >= 0.6 is 15.9 Å². The second-order valence-electron chi connectivity index (χ2n) is 4.52. The molecule has 2 aromatic carbocycles. The van der Waals surface area contributed by atoms with Crippen LogP contribution in [0.15, 0.2) is 53.0 Å².